The van der Waals surface area contributed by atoms with E-state index in [1.54, 1.807) is 0 Å². The highest BCUT2D eigenvalue weighted by molar-refractivity contribution is 6.31. The molecule has 5 heteroatoms. The monoisotopic (exact) mass is 399 g/mol. The van der Waals surface area contributed by atoms with Gasteiger partial charge in [-0.25, -0.2) is 0 Å². The van der Waals surface area contributed by atoms with Crippen LogP contribution in [0.15, 0.2) is 30.5 Å². The van der Waals surface area contributed by atoms with Crippen molar-refractivity contribution in [3.8, 4) is 0 Å². The fourth-order valence-corrected chi connectivity index (χ4v) is 4.90. The van der Waals surface area contributed by atoms with Gasteiger partial charge in [0.25, 0.3) is 0 Å². The van der Waals surface area contributed by atoms with Crippen LogP contribution in [0.4, 0.5) is 5.69 Å². The highest BCUT2D eigenvalue weighted by atomic mass is 35.5. The molecule has 0 saturated heterocycles. The van der Waals surface area contributed by atoms with Crippen LogP contribution in [0.2, 0.25) is 5.02 Å². The molecule has 0 bridgehead atoms. The average Bonchev–Trinajstić information content (AvgIpc) is 2.73. The zero-order valence-electron chi connectivity index (χ0n) is 16.4. The normalized spacial score (nSPS) is 23.5. The van der Waals surface area contributed by atoms with Gasteiger partial charge in [-0.3, -0.25) is 9.78 Å². The quantitative estimate of drug-likeness (QED) is 0.692. The van der Waals surface area contributed by atoms with E-state index in [2.05, 4.69) is 15.6 Å². The number of aromatic nitrogens is 1. The summed E-state index contributed by atoms with van der Waals surface area (Å²) in [4.78, 5) is 16.8. The highest BCUT2D eigenvalue weighted by Crippen LogP contribution is 2.30. The lowest BCUT2D eigenvalue weighted by molar-refractivity contribution is -0.126. The molecule has 2 aliphatic carbocycles. The zero-order chi connectivity index (χ0) is 19.3. The van der Waals surface area contributed by atoms with E-state index in [1.165, 1.54) is 19.3 Å². The molecule has 1 amide bonds. The Bertz CT molecular complexity index is 811. The summed E-state index contributed by atoms with van der Waals surface area (Å²) in [5.41, 5.74) is 2.06. The van der Waals surface area contributed by atoms with Crippen LogP contribution in [0.5, 0.6) is 0 Å². The number of amides is 1. The zero-order valence-corrected chi connectivity index (χ0v) is 17.2. The summed E-state index contributed by atoms with van der Waals surface area (Å²) in [6, 6.07) is 8.40. The summed E-state index contributed by atoms with van der Waals surface area (Å²) in [6.07, 6.45) is 12.3. The number of pyridine rings is 1. The van der Waals surface area contributed by atoms with Crippen LogP contribution >= 0.6 is 11.6 Å². The lowest BCUT2D eigenvalue weighted by Gasteiger charge is -2.30. The van der Waals surface area contributed by atoms with Crippen LogP contribution < -0.4 is 10.6 Å². The predicted octanol–water partition coefficient (Wildman–Crippen LogP) is 5.56. The van der Waals surface area contributed by atoms with Crippen molar-refractivity contribution in [2.24, 2.45) is 11.8 Å². The Labute approximate surface area is 172 Å². The molecule has 1 aromatic carbocycles. The van der Waals surface area contributed by atoms with Gasteiger partial charge in [0.05, 0.1) is 5.52 Å². The summed E-state index contributed by atoms with van der Waals surface area (Å²) in [7, 11) is 0. The molecule has 0 radical (unpaired) electrons. The largest absolute Gasteiger partial charge is 0.382 e. The molecule has 2 aromatic rings. The Morgan fingerprint density at radius 2 is 1.82 bits per heavy atom. The van der Waals surface area contributed by atoms with Crippen molar-refractivity contribution >= 4 is 34.1 Å². The Balaban J connectivity index is 1.26. The van der Waals surface area contributed by atoms with Gasteiger partial charge in [0.15, 0.2) is 0 Å². The molecule has 2 aliphatic rings. The smallest absolute Gasteiger partial charge is 0.223 e. The summed E-state index contributed by atoms with van der Waals surface area (Å²) in [5.74, 6) is 1.17. The minimum Gasteiger partial charge on any atom is -0.382 e. The molecule has 1 heterocycles. The van der Waals surface area contributed by atoms with Gasteiger partial charge in [-0.2, -0.15) is 0 Å². The Morgan fingerprint density at radius 3 is 2.61 bits per heavy atom. The lowest BCUT2D eigenvalue weighted by atomic mass is 9.85. The number of hydrogen-bond donors (Lipinski definition) is 2. The van der Waals surface area contributed by atoms with Crippen LogP contribution in [-0.2, 0) is 4.79 Å². The van der Waals surface area contributed by atoms with E-state index < -0.39 is 0 Å². The van der Waals surface area contributed by atoms with Crippen LogP contribution in [-0.4, -0.2) is 23.5 Å². The first-order valence-electron chi connectivity index (χ1n) is 10.8. The fourth-order valence-electron chi connectivity index (χ4n) is 4.73. The van der Waals surface area contributed by atoms with Gasteiger partial charge in [0.1, 0.15) is 0 Å². The first-order chi connectivity index (χ1) is 13.7. The maximum absolute atomic E-state index is 12.4. The number of fused-ring (bicyclic) bond motifs is 1. The number of halogens is 1. The van der Waals surface area contributed by atoms with Gasteiger partial charge in [0.2, 0.25) is 5.91 Å². The van der Waals surface area contributed by atoms with Crippen LogP contribution in [0.1, 0.15) is 57.8 Å². The molecule has 0 atom stereocenters. The molecule has 1 aromatic heterocycles. The number of hydrogen-bond acceptors (Lipinski definition) is 3. The van der Waals surface area contributed by atoms with Crippen LogP contribution in [0.25, 0.3) is 10.9 Å². The molecule has 0 spiro atoms. The first-order valence-corrected chi connectivity index (χ1v) is 11.2. The Hall–Kier alpha value is -1.81. The van der Waals surface area contributed by atoms with E-state index in [9.17, 15) is 4.79 Å². The molecule has 4 nitrogen and oxygen atoms in total. The minimum atomic E-state index is 0.264. The molecule has 28 heavy (non-hydrogen) atoms. The van der Waals surface area contributed by atoms with E-state index in [-0.39, 0.29) is 5.92 Å². The standard InChI is InChI=1S/C23H30ClN3O/c24-18-8-11-20-21(12-13-25-22(20)14-18)27-19-9-6-16(7-10-19)15-26-23(28)17-4-2-1-3-5-17/h8,11-14,16-17,19H,1-7,9-10,15H2,(H,25,27)(H,26,28). The topological polar surface area (TPSA) is 54.0 Å². The molecule has 2 N–H and O–H groups in total. The van der Waals surface area contributed by atoms with Crippen molar-refractivity contribution in [3.05, 3.63) is 35.5 Å². The number of rotatable bonds is 5. The maximum atomic E-state index is 12.4. The third-order valence-electron chi connectivity index (χ3n) is 6.45. The van der Waals surface area contributed by atoms with Crippen LogP contribution in [0, 0.1) is 11.8 Å². The van der Waals surface area contributed by atoms with E-state index in [0.29, 0.717) is 22.9 Å². The third-order valence-corrected chi connectivity index (χ3v) is 6.69. The molecular formula is C23H30ClN3O. The van der Waals surface area contributed by atoms with Crippen molar-refractivity contribution < 1.29 is 4.79 Å². The van der Waals surface area contributed by atoms with E-state index in [1.807, 2.05) is 30.5 Å². The maximum Gasteiger partial charge on any atom is 0.223 e. The molecule has 2 fully saturated rings. The van der Waals surface area contributed by atoms with E-state index >= 15 is 0 Å². The van der Waals surface area contributed by atoms with Crippen LogP contribution in [0.3, 0.4) is 0 Å². The molecule has 2 saturated carbocycles. The molecular weight excluding hydrogens is 370 g/mol. The van der Waals surface area contributed by atoms with Crippen molar-refractivity contribution in [2.75, 3.05) is 11.9 Å². The Kier molecular flexibility index (Phi) is 6.36. The second kappa shape index (κ2) is 9.13. The lowest BCUT2D eigenvalue weighted by Crippen LogP contribution is -2.37. The van der Waals surface area contributed by atoms with E-state index in [4.69, 9.17) is 11.6 Å². The van der Waals surface area contributed by atoms with Gasteiger partial charge in [-0.1, -0.05) is 30.9 Å². The average molecular weight is 400 g/mol. The summed E-state index contributed by atoms with van der Waals surface area (Å²) in [6.45, 7) is 0.846. The van der Waals surface area contributed by atoms with Gasteiger partial charge in [-0.05, 0) is 68.7 Å². The van der Waals surface area contributed by atoms with Crippen molar-refractivity contribution in [2.45, 2.75) is 63.8 Å². The summed E-state index contributed by atoms with van der Waals surface area (Å²) >= 11 is 6.09. The summed E-state index contributed by atoms with van der Waals surface area (Å²) in [5, 5.41) is 8.78. The minimum absolute atomic E-state index is 0.264. The molecule has 0 aliphatic heterocycles. The Morgan fingerprint density at radius 1 is 1.04 bits per heavy atom. The number of anilines is 1. The van der Waals surface area contributed by atoms with E-state index in [0.717, 1.165) is 61.7 Å². The number of nitrogens with zero attached hydrogens (tertiary/aromatic N) is 1. The first kappa shape index (κ1) is 19.5. The van der Waals surface area contributed by atoms with Gasteiger partial charge >= 0.3 is 0 Å². The van der Waals surface area contributed by atoms with Gasteiger partial charge in [0, 0.05) is 40.8 Å². The molecule has 0 unspecified atom stereocenters. The number of carbonyl (C=O) groups excluding carboxylic acids is 1. The van der Waals surface area contributed by atoms with Crippen molar-refractivity contribution in [1.82, 2.24) is 10.3 Å². The van der Waals surface area contributed by atoms with Gasteiger partial charge in [-0.15, -0.1) is 0 Å². The summed E-state index contributed by atoms with van der Waals surface area (Å²) < 4.78 is 0. The fraction of sp³-hybridized carbons (Fsp3) is 0.565. The second-order valence-electron chi connectivity index (χ2n) is 8.46. The number of benzene rings is 1. The third kappa shape index (κ3) is 4.78. The number of nitrogens with one attached hydrogen (secondary N) is 2. The SMILES string of the molecule is O=C(NCC1CCC(Nc2ccnc3cc(Cl)ccc23)CC1)C1CCCCC1. The second-order valence-corrected chi connectivity index (χ2v) is 8.90. The molecule has 150 valence electrons. The van der Waals surface area contributed by atoms with Crippen molar-refractivity contribution in [3.63, 3.8) is 0 Å². The van der Waals surface area contributed by atoms with Crippen molar-refractivity contribution in [1.29, 1.82) is 0 Å². The van der Waals surface area contributed by atoms with Gasteiger partial charge < -0.3 is 10.6 Å². The number of carbonyl (C=O) groups is 1. The molecule has 4 rings (SSSR count). The highest BCUT2D eigenvalue weighted by Gasteiger charge is 2.24. The predicted molar refractivity (Wildman–Crippen MR) is 116 cm³/mol.